The first-order valence-electron chi connectivity index (χ1n) is 5.29. The van der Waals surface area contributed by atoms with Gasteiger partial charge in [0.2, 0.25) is 0 Å². The summed E-state index contributed by atoms with van der Waals surface area (Å²) in [4.78, 5) is 15.7. The quantitative estimate of drug-likeness (QED) is 0.455. The summed E-state index contributed by atoms with van der Waals surface area (Å²) < 4.78 is 5.11. The first kappa shape index (κ1) is 11.3. The van der Waals surface area contributed by atoms with E-state index in [4.69, 9.17) is 10.3 Å². The highest BCUT2D eigenvalue weighted by atomic mass is 16.6. The maximum Gasteiger partial charge on any atom is 0.410 e. The lowest BCUT2D eigenvalue weighted by molar-refractivity contribution is 0.0675. The van der Waals surface area contributed by atoms with Crippen LogP contribution in [0.25, 0.3) is 10.4 Å². The molecule has 1 heterocycles. The maximum absolute atomic E-state index is 11.5. The van der Waals surface area contributed by atoms with Crippen molar-refractivity contribution in [1.82, 2.24) is 4.90 Å². The fraction of sp³-hybridized carbons (Fsp3) is 0.364. The Kier molecular flexibility index (Phi) is 3.47. The molecule has 17 heavy (non-hydrogen) atoms. The van der Waals surface area contributed by atoms with E-state index in [0.717, 1.165) is 5.56 Å². The highest BCUT2D eigenvalue weighted by molar-refractivity contribution is 5.68. The Morgan fingerprint density at radius 2 is 2.18 bits per heavy atom. The topological polar surface area (TPSA) is 78.3 Å². The van der Waals surface area contributed by atoms with Gasteiger partial charge in [-0.1, -0.05) is 35.4 Å². The van der Waals surface area contributed by atoms with E-state index in [2.05, 4.69) is 10.0 Å². The van der Waals surface area contributed by atoms with Crippen molar-refractivity contribution in [3.8, 4) is 0 Å². The third-order valence-corrected chi connectivity index (χ3v) is 2.54. The van der Waals surface area contributed by atoms with Gasteiger partial charge >= 0.3 is 6.09 Å². The monoisotopic (exact) mass is 232 g/mol. The Hall–Kier alpha value is -2.20. The SMILES string of the molecule is [N-]=[N+]=NC1CN(C(=O)OCc2ccccc2)C1. The van der Waals surface area contributed by atoms with E-state index in [1.54, 1.807) is 0 Å². The van der Waals surface area contributed by atoms with Crippen LogP contribution in [0.1, 0.15) is 5.56 Å². The summed E-state index contributed by atoms with van der Waals surface area (Å²) >= 11 is 0. The smallest absolute Gasteiger partial charge is 0.410 e. The second-order valence-corrected chi connectivity index (χ2v) is 3.80. The molecular formula is C11H12N4O2. The van der Waals surface area contributed by atoms with E-state index < -0.39 is 0 Å². The van der Waals surface area contributed by atoms with Gasteiger partial charge in [-0.3, -0.25) is 0 Å². The molecule has 0 unspecified atom stereocenters. The third-order valence-electron chi connectivity index (χ3n) is 2.54. The van der Waals surface area contributed by atoms with Crippen LogP contribution in [0.15, 0.2) is 35.4 Å². The number of carbonyl (C=O) groups is 1. The van der Waals surface area contributed by atoms with E-state index >= 15 is 0 Å². The number of hydrogen-bond acceptors (Lipinski definition) is 3. The summed E-state index contributed by atoms with van der Waals surface area (Å²) in [5.74, 6) is 0. The molecule has 1 amide bonds. The van der Waals surface area contributed by atoms with E-state index in [1.807, 2.05) is 30.3 Å². The van der Waals surface area contributed by atoms with Crippen LogP contribution in [0.3, 0.4) is 0 Å². The Morgan fingerprint density at radius 3 is 2.82 bits per heavy atom. The summed E-state index contributed by atoms with van der Waals surface area (Å²) in [6, 6.07) is 9.38. The average molecular weight is 232 g/mol. The molecule has 0 saturated carbocycles. The van der Waals surface area contributed by atoms with Gasteiger partial charge in [-0.15, -0.1) is 0 Å². The first-order valence-corrected chi connectivity index (χ1v) is 5.29. The van der Waals surface area contributed by atoms with Crippen molar-refractivity contribution in [2.75, 3.05) is 13.1 Å². The van der Waals surface area contributed by atoms with Crippen LogP contribution in [0, 0.1) is 0 Å². The summed E-state index contributed by atoms with van der Waals surface area (Å²) in [6.07, 6.45) is -0.363. The Bertz CT molecular complexity index is 436. The fourth-order valence-corrected chi connectivity index (χ4v) is 1.56. The standard InChI is InChI=1S/C11H12N4O2/c12-14-13-10-6-15(7-10)11(16)17-8-9-4-2-1-3-5-9/h1-5,10H,6-8H2. The molecule has 1 fully saturated rings. The first-order chi connectivity index (χ1) is 8.29. The molecule has 0 bridgehead atoms. The average Bonchev–Trinajstić information content (AvgIpc) is 2.31. The molecule has 0 spiro atoms. The van der Waals surface area contributed by atoms with E-state index in [0.29, 0.717) is 13.1 Å². The van der Waals surface area contributed by atoms with Crippen molar-refractivity contribution in [2.24, 2.45) is 5.11 Å². The second-order valence-electron chi connectivity index (χ2n) is 3.80. The molecule has 1 aromatic rings. The largest absolute Gasteiger partial charge is 0.445 e. The zero-order chi connectivity index (χ0) is 12.1. The van der Waals surface area contributed by atoms with E-state index in [9.17, 15) is 4.79 Å². The molecule has 2 rings (SSSR count). The van der Waals surface area contributed by atoms with Crippen molar-refractivity contribution in [3.63, 3.8) is 0 Å². The van der Waals surface area contributed by atoms with Crippen LogP contribution in [0.5, 0.6) is 0 Å². The van der Waals surface area contributed by atoms with Gasteiger partial charge in [0.05, 0.1) is 6.04 Å². The van der Waals surface area contributed by atoms with Crippen LogP contribution in [0.2, 0.25) is 0 Å². The lowest BCUT2D eigenvalue weighted by atomic mass is 10.1. The third kappa shape index (κ3) is 2.89. The van der Waals surface area contributed by atoms with Gasteiger partial charge in [0.15, 0.2) is 0 Å². The van der Waals surface area contributed by atoms with Crippen molar-refractivity contribution in [1.29, 1.82) is 0 Å². The molecule has 1 aliphatic rings. The molecule has 1 saturated heterocycles. The Balaban J connectivity index is 1.74. The number of azide groups is 1. The highest BCUT2D eigenvalue weighted by Crippen LogP contribution is 2.13. The zero-order valence-electron chi connectivity index (χ0n) is 9.19. The van der Waals surface area contributed by atoms with Gasteiger partial charge in [-0.05, 0) is 11.1 Å². The van der Waals surface area contributed by atoms with Crippen LogP contribution in [-0.2, 0) is 11.3 Å². The molecule has 0 radical (unpaired) electrons. The number of carbonyl (C=O) groups excluding carboxylic acids is 1. The lowest BCUT2D eigenvalue weighted by Crippen LogP contribution is -2.52. The van der Waals surface area contributed by atoms with Crippen LogP contribution in [0.4, 0.5) is 4.79 Å². The molecule has 0 atom stereocenters. The molecule has 6 heteroatoms. The summed E-state index contributed by atoms with van der Waals surface area (Å²) in [5.41, 5.74) is 9.15. The van der Waals surface area contributed by atoms with Gasteiger partial charge in [0, 0.05) is 18.0 Å². The highest BCUT2D eigenvalue weighted by Gasteiger charge is 2.30. The number of ether oxygens (including phenoxy) is 1. The molecule has 0 aliphatic carbocycles. The molecule has 88 valence electrons. The normalized spacial score (nSPS) is 14.7. The minimum atomic E-state index is -0.363. The predicted molar refractivity (Wildman–Crippen MR) is 61.1 cm³/mol. The fourth-order valence-electron chi connectivity index (χ4n) is 1.56. The van der Waals surface area contributed by atoms with Gasteiger partial charge in [-0.2, -0.15) is 0 Å². The van der Waals surface area contributed by atoms with E-state index in [-0.39, 0.29) is 18.7 Å². The van der Waals surface area contributed by atoms with Crippen molar-refractivity contribution in [3.05, 3.63) is 46.3 Å². The Morgan fingerprint density at radius 1 is 1.47 bits per heavy atom. The van der Waals surface area contributed by atoms with Crippen LogP contribution < -0.4 is 0 Å². The van der Waals surface area contributed by atoms with Gasteiger partial charge in [0.25, 0.3) is 0 Å². The summed E-state index contributed by atoms with van der Waals surface area (Å²) in [6.45, 7) is 1.15. The maximum atomic E-state index is 11.5. The number of amides is 1. The van der Waals surface area contributed by atoms with Gasteiger partial charge < -0.3 is 9.64 Å². The Labute approximate surface area is 98.4 Å². The van der Waals surface area contributed by atoms with Crippen molar-refractivity contribution < 1.29 is 9.53 Å². The molecular weight excluding hydrogens is 220 g/mol. The van der Waals surface area contributed by atoms with Crippen molar-refractivity contribution >= 4 is 6.09 Å². The predicted octanol–water partition coefficient (Wildman–Crippen LogP) is 2.32. The number of likely N-dealkylation sites (tertiary alicyclic amines) is 1. The van der Waals surface area contributed by atoms with Crippen molar-refractivity contribution in [2.45, 2.75) is 12.6 Å². The molecule has 0 aromatic heterocycles. The number of rotatable bonds is 3. The van der Waals surface area contributed by atoms with Crippen LogP contribution >= 0.6 is 0 Å². The summed E-state index contributed by atoms with van der Waals surface area (Å²) in [5, 5.41) is 3.51. The zero-order valence-corrected chi connectivity index (χ0v) is 9.19. The van der Waals surface area contributed by atoms with Crippen LogP contribution in [-0.4, -0.2) is 30.1 Å². The molecule has 0 N–H and O–H groups in total. The minimum absolute atomic E-state index is 0.107. The minimum Gasteiger partial charge on any atom is -0.445 e. The number of nitrogens with zero attached hydrogens (tertiary/aromatic N) is 4. The number of benzene rings is 1. The second kappa shape index (κ2) is 5.23. The lowest BCUT2D eigenvalue weighted by Gasteiger charge is -2.35. The molecule has 6 nitrogen and oxygen atoms in total. The summed E-state index contributed by atoms with van der Waals surface area (Å²) in [7, 11) is 0. The molecule has 1 aromatic carbocycles. The number of hydrogen-bond donors (Lipinski definition) is 0. The van der Waals surface area contributed by atoms with Gasteiger partial charge in [0.1, 0.15) is 6.61 Å². The van der Waals surface area contributed by atoms with Gasteiger partial charge in [-0.25, -0.2) is 4.79 Å². The van der Waals surface area contributed by atoms with E-state index in [1.165, 1.54) is 4.90 Å². The molecule has 1 aliphatic heterocycles.